The van der Waals surface area contributed by atoms with Gasteiger partial charge in [0.25, 0.3) is 0 Å². The van der Waals surface area contributed by atoms with E-state index in [0.29, 0.717) is 25.5 Å². The summed E-state index contributed by atoms with van der Waals surface area (Å²) in [6.07, 6.45) is -0.295. The van der Waals surface area contributed by atoms with Gasteiger partial charge in [-0.3, -0.25) is 4.90 Å². The molecule has 0 saturated carbocycles. The van der Waals surface area contributed by atoms with Gasteiger partial charge in [-0.2, -0.15) is 0 Å². The third kappa shape index (κ3) is 1.86. The van der Waals surface area contributed by atoms with Gasteiger partial charge in [-0.1, -0.05) is 0 Å². The quantitative estimate of drug-likeness (QED) is 0.913. The fourth-order valence-corrected chi connectivity index (χ4v) is 2.68. The molecule has 3 heterocycles. The highest BCUT2D eigenvalue weighted by molar-refractivity contribution is 7.16. The van der Waals surface area contributed by atoms with Crippen molar-refractivity contribution in [2.45, 2.75) is 6.54 Å². The molecule has 18 heavy (non-hydrogen) atoms. The van der Waals surface area contributed by atoms with E-state index < -0.39 is 0 Å². The van der Waals surface area contributed by atoms with Gasteiger partial charge in [-0.15, -0.1) is 11.3 Å². The molecule has 6 nitrogen and oxygen atoms in total. The Morgan fingerprint density at radius 2 is 2.44 bits per heavy atom. The predicted molar refractivity (Wildman–Crippen MR) is 68.7 cm³/mol. The first-order chi connectivity index (χ1) is 8.78. The van der Waals surface area contributed by atoms with E-state index in [2.05, 4.69) is 15.3 Å². The van der Waals surface area contributed by atoms with Crippen LogP contribution in [0.2, 0.25) is 0 Å². The molecule has 1 saturated heterocycles. The number of cyclic esters (lactones) is 1. The average Bonchev–Trinajstić information content (AvgIpc) is 2.98. The number of nitrogens with one attached hydrogen (secondary N) is 1. The Bertz CT molecular complexity index is 598. The van der Waals surface area contributed by atoms with Crippen LogP contribution in [0.25, 0.3) is 10.2 Å². The van der Waals surface area contributed by atoms with E-state index in [0.717, 1.165) is 16.0 Å². The van der Waals surface area contributed by atoms with E-state index >= 15 is 0 Å². The summed E-state index contributed by atoms with van der Waals surface area (Å²) >= 11 is 1.56. The standard InChI is InChI=1S/C11H12N4O2S/c1-12-9-7-2-5-18-10(7)14-8(13-9)6-15-3-4-17-11(15)16/h2,5H,3-4,6H2,1H3,(H,12,13,14). The molecule has 0 atom stereocenters. The zero-order chi connectivity index (χ0) is 12.5. The molecular formula is C11H12N4O2S. The zero-order valence-corrected chi connectivity index (χ0v) is 10.7. The van der Waals surface area contributed by atoms with E-state index in [1.54, 1.807) is 16.2 Å². The number of hydrogen-bond acceptors (Lipinski definition) is 6. The number of hydrogen-bond donors (Lipinski definition) is 1. The van der Waals surface area contributed by atoms with Gasteiger partial charge in [-0.25, -0.2) is 14.8 Å². The lowest BCUT2D eigenvalue weighted by molar-refractivity contribution is 0.156. The highest BCUT2D eigenvalue weighted by atomic mass is 32.1. The number of anilines is 1. The highest BCUT2D eigenvalue weighted by Gasteiger charge is 2.23. The number of aromatic nitrogens is 2. The van der Waals surface area contributed by atoms with Crippen LogP contribution in [0.3, 0.4) is 0 Å². The van der Waals surface area contributed by atoms with Gasteiger partial charge in [0, 0.05) is 7.05 Å². The molecule has 2 aromatic heterocycles. The van der Waals surface area contributed by atoms with Crippen molar-refractivity contribution in [3.63, 3.8) is 0 Å². The van der Waals surface area contributed by atoms with Crippen molar-refractivity contribution in [1.82, 2.24) is 14.9 Å². The van der Waals surface area contributed by atoms with Crippen molar-refractivity contribution in [2.24, 2.45) is 0 Å². The molecule has 0 aliphatic carbocycles. The maximum absolute atomic E-state index is 11.4. The van der Waals surface area contributed by atoms with E-state index in [-0.39, 0.29) is 6.09 Å². The summed E-state index contributed by atoms with van der Waals surface area (Å²) < 4.78 is 4.89. The van der Waals surface area contributed by atoms with Crippen LogP contribution in [-0.2, 0) is 11.3 Å². The highest BCUT2D eigenvalue weighted by Crippen LogP contribution is 2.25. The minimum Gasteiger partial charge on any atom is -0.448 e. The first-order valence-corrected chi connectivity index (χ1v) is 6.49. The number of carbonyl (C=O) groups is 1. The fraction of sp³-hybridized carbons (Fsp3) is 0.364. The van der Waals surface area contributed by atoms with Crippen LogP contribution in [0.15, 0.2) is 11.4 Å². The number of carbonyl (C=O) groups excluding carboxylic acids is 1. The van der Waals surface area contributed by atoms with Crippen molar-refractivity contribution >= 4 is 33.5 Å². The Morgan fingerprint density at radius 1 is 1.56 bits per heavy atom. The SMILES string of the molecule is CNc1nc(CN2CCOC2=O)nc2sccc12. The summed E-state index contributed by atoms with van der Waals surface area (Å²) in [7, 11) is 1.83. The minimum atomic E-state index is -0.295. The zero-order valence-electron chi connectivity index (χ0n) is 9.84. The van der Waals surface area contributed by atoms with Crippen molar-refractivity contribution < 1.29 is 9.53 Å². The second kappa shape index (κ2) is 4.41. The summed E-state index contributed by atoms with van der Waals surface area (Å²) in [4.78, 5) is 22.8. The largest absolute Gasteiger partial charge is 0.448 e. The first kappa shape index (κ1) is 11.2. The van der Waals surface area contributed by atoms with Crippen molar-refractivity contribution in [2.75, 3.05) is 25.5 Å². The van der Waals surface area contributed by atoms with Crippen LogP contribution in [-0.4, -0.2) is 41.2 Å². The van der Waals surface area contributed by atoms with Gasteiger partial charge in [0.05, 0.1) is 18.5 Å². The van der Waals surface area contributed by atoms with Crippen molar-refractivity contribution in [3.8, 4) is 0 Å². The van der Waals surface area contributed by atoms with Crippen molar-refractivity contribution in [3.05, 3.63) is 17.3 Å². The monoisotopic (exact) mass is 264 g/mol. The molecule has 1 aliphatic rings. The summed E-state index contributed by atoms with van der Waals surface area (Å²) in [5.74, 6) is 1.43. The van der Waals surface area contributed by atoms with Crippen LogP contribution in [0.4, 0.5) is 10.6 Å². The van der Waals surface area contributed by atoms with Gasteiger partial charge in [0.2, 0.25) is 0 Å². The third-order valence-corrected chi connectivity index (χ3v) is 3.59. The minimum absolute atomic E-state index is 0.295. The lowest BCUT2D eigenvalue weighted by Gasteiger charge is -2.12. The number of ether oxygens (including phenoxy) is 1. The number of nitrogens with zero attached hydrogens (tertiary/aromatic N) is 3. The summed E-state index contributed by atoms with van der Waals surface area (Å²) in [6.45, 7) is 1.43. The molecule has 1 amide bonds. The number of fused-ring (bicyclic) bond motifs is 1. The topological polar surface area (TPSA) is 67.3 Å². The fourth-order valence-electron chi connectivity index (χ4n) is 1.90. The molecule has 0 aromatic carbocycles. The number of rotatable bonds is 3. The molecule has 0 spiro atoms. The molecule has 1 fully saturated rings. The smallest absolute Gasteiger partial charge is 0.410 e. The average molecular weight is 264 g/mol. The second-order valence-corrected chi connectivity index (χ2v) is 4.81. The lowest BCUT2D eigenvalue weighted by atomic mass is 10.3. The molecule has 3 rings (SSSR count). The van der Waals surface area contributed by atoms with E-state index in [1.807, 2.05) is 18.5 Å². The van der Waals surface area contributed by atoms with E-state index in [1.165, 1.54) is 0 Å². The normalized spacial score (nSPS) is 15.2. The predicted octanol–water partition coefficient (Wildman–Crippen LogP) is 1.69. The number of amides is 1. The summed E-state index contributed by atoms with van der Waals surface area (Å²) in [5, 5.41) is 6.04. The van der Waals surface area contributed by atoms with Gasteiger partial charge in [0.1, 0.15) is 17.3 Å². The van der Waals surface area contributed by atoms with E-state index in [9.17, 15) is 4.79 Å². The second-order valence-electron chi connectivity index (χ2n) is 3.91. The lowest BCUT2D eigenvalue weighted by Crippen LogP contribution is -2.24. The van der Waals surface area contributed by atoms with Crippen LogP contribution in [0, 0.1) is 0 Å². The Labute approximate surface area is 108 Å². The maximum atomic E-state index is 11.4. The molecule has 0 radical (unpaired) electrons. The van der Waals surface area contributed by atoms with Crippen LogP contribution in [0.5, 0.6) is 0 Å². The molecule has 1 N–H and O–H groups in total. The molecule has 2 aromatic rings. The number of thiophene rings is 1. The third-order valence-electron chi connectivity index (χ3n) is 2.79. The Morgan fingerprint density at radius 3 is 3.17 bits per heavy atom. The molecule has 94 valence electrons. The van der Waals surface area contributed by atoms with Crippen LogP contribution >= 0.6 is 11.3 Å². The molecule has 7 heteroatoms. The van der Waals surface area contributed by atoms with Crippen molar-refractivity contribution in [1.29, 1.82) is 0 Å². The van der Waals surface area contributed by atoms with Gasteiger partial charge < -0.3 is 10.1 Å². The van der Waals surface area contributed by atoms with Crippen LogP contribution in [0.1, 0.15) is 5.82 Å². The molecule has 1 aliphatic heterocycles. The first-order valence-electron chi connectivity index (χ1n) is 5.61. The van der Waals surface area contributed by atoms with Gasteiger partial charge in [0.15, 0.2) is 5.82 Å². The molecular weight excluding hydrogens is 252 g/mol. The summed E-state index contributed by atoms with van der Waals surface area (Å²) in [6, 6.07) is 1.99. The van der Waals surface area contributed by atoms with Gasteiger partial charge in [-0.05, 0) is 11.4 Å². The van der Waals surface area contributed by atoms with Crippen LogP contribution < -0.4 is 5.32 Å². The maximum Gasteiger partial charge on any atom is 0.410 e. The Kier molecular flexibility index (Phi) is 2.75. The summed E-state index contributed by atoms with van der Waals surface area (Å²) in [5.41, 5.74) is 0. The van der Waals surface area contributed by atoms with Gasteiger partial charge >= 0.3 is 6.09 Å². The van der Waals surface area contributed by atoms with E-state index in [4.69, 9.17) is 4.74 Å². The molecule has 0 bridgehead atoms. The Balaban J connectivity index is 1.94. The molecule has 0 unspecified atom stereocenters. The Hall–Kier alpha value is -1.89.